The topological polar surface area (TPSA) is 82.0 Å². The van der Waals surface area contributed by atoms with Crippen LogP contribution in [0.5, 0.6) is 0 Å². The molecule has 0 bridgehead atoms. The number of benzene rings is 2. The summed E-state index contributed by atoms with van der Waals surface area (Å²) in [6.07, 6.45) is 2.95. The van der Waals surface area contributed by atoms with Gasteiger partial charge in [-0.1, -0.05) is 24.3 Å². The number of carbonyl (C=O) groups is 2. The number of anilines is 1. The van der Waals surface area contributed by atoms with Gasteiger partial charge in [0, 0.05) is 24.1 Å². The molecule has 1 aliphatic carbocycles. The SMILES string of the molecule is N#C[C@]1(NC(=O)c2ccc3c(c2)CCC(=O)N3)CCc2ccccc2C1. The summed E-state index contributed by atoms with van der Waals surface area (Å²) < 4.78 is 0. The second-order valence-corrected chi connectivity index (χ2v) is 7.01. The van der Waals surface area contributed by atoms with Crippen molar-refractivity contribution < 1.29 is 9.59 Å². The molecule has 26 heavy (non-hydrogen) atoms. The van der Waals surface area contributed by atoms with Gasteiger partial charge in [-0.3, -0.25) is 9.59 Å². The molecule has 0 saturated carbocycles. The van der Waals surface area contributed by atoms with Crippen LogP contribution in [0.25, 0.3) is 0 Å². The lowest BCUT2D eigenvalue weighted by atomic mass is 9.78. The van der Waals surface area contributed by atoms with Crippen molar-refractivity contribution in [3.63, 3.8) is 0 Å². The molecule has 1 heterocycles. The summed E-state index contributed by atoms with van der Waals surface area (Å²) in [5.41, 5.74) is 3.73. The lowest BCUT2D eigenvalue weighted by Crippen LogP contribution is -2.51. The zero-order chi connectivity index (χ0) is 18.1. The van der Waals surface area contributed by atoms with Gasteiger partial charge in [-0.05, 0) is 54.2 Å². The predicted molar refractivity (Wildman–Crippen MR) is 97.7 cm³/mol. The minimum Gasteiger partial charge on any atom is -0.333 e. The van der Waals surface area contributed by atoms with E-state index < -0.39 is 5.54 Å². The number of rotatable bonds is 2. The maximum atomic E-state index is 12.8. The van der Waals surface area contributed by atoms with Crippen LogP contribution in [0.1, 0.15) is 39.9 Å². The van der Waals surface area contributed by atoms with Crippen molar-refractivity contribution in [3.8, 4) is 6.07 Å². The van der Waals surface area contributed by atoms with E-state index in [2.05, 4.69) is 22.8 Å². The zero-order valence-corrected chi connectivity index (χ0v) is 14.3. The fraction of sp³-hybridized carbons (Fsp3) is 0.286. The van der Waals surface area contributed by atoms with E-state index in [1.165, 1.54) is 5.56 Å². The van der Waals surface area contributed by atoms with Crippen molar-refractivity contribution in [2.75, 3.05) is 5.32 Å². The van der Waals surface area contributed by atoms with Crippen LogP contribution in [0.4, 0.5) is 5.69 Å². The second-order valence-electron chi connectivity index (χ2n) is 7.01. The average molecular weight is 345 g/mol. The van der Waals surface area contributed by atoms with Gasteiger partial charge in [0.05, 0.1) is 6.07 Å². The van der Waals surface area contributed by atoms with Gasteiger partial charge in [0.2, 0.25) is 5.91 Å². The molecule has 1 atom stereocenters. The first-order valence-corrected chi connectivity index (χ1v) is 8.82. The summed E-state index contributed by atoms with van der Waals surface area (Å²) in [4.78, 5) is 24.3. The van der Waals surface area contributed by atoms with Crippen molar-refractivity contribution in [1.29, 1.82) is 5.26 Å². The second kappa shape index (κ2) is 6.30. The van der Waals surface area contributed by atoms with Crippen LogP contribution >= 0.6 is 0 Å². The number of hydrogen-bond acceptors (Lipinski definition) is 3. The highest BCUT2D eigenvalue weighted by atomic mass is 16.2. The molecule has 2 N–H and O–H groups in total. The van der Waals surface area contributed by atoms with Crippen LogP contribution in [0, 0.1) is 11.3 Å². The Morgan fingerprint density at radius 1 is 1.08 bits per heavy atom. The van der Waals surface area contributed by atoms with Crippen molar-refractivity contribution in [2.24, 2.45) is 0 Å². The van der Waals surface area contributed by atoms with Gasteiger partial charge >= 0.3 is 0 Å². The predicted octanol–water partition coefficient (Wildman–Crippen LogP) is 2.75. The first-order chi connectivity index (χ1) is 12.6. The lowest BCUT2D eigenvalue weighted by molar-refractivity contribution is -0.116. The van der Waals surface area contributed by atoms with Crippen molar-refractivity contribution in [3.05, 3.63) is 64.7 Å². The van der Waals surface area contributed by atoms with Gasteiger partial charge in [0.1, 0.15) is 5.54 Å². The van der Waals surface area contributed by atoms with Crippen LogP contribution in [0.2, 0.25) is 0 Å². The molecule has 1 aliphatic heterocycles. The highest BCUT2D eigenvalue weighted by Crippen LogP contribution is 2.29. The van der Waals surface area contributed by atoms with E-state index in [1.807, 2.05) is 24.3 Å². The van der Waals surface area contributed by atoms with E-state index in [0.717, 1.165) is 23.2 Å². The summed E-state index contributed by atoms with van der Waals surface area (Å²) in [5.74, 6) is -0.246. The number of aryl methyl sites for hydroxylation is 2. The molecule has 0 spiro atoms. The third-order valence-corrected chi connectivity index (χ3v) is 5.26. The normalized spacial score (nSPS) is 21.0. The summed E-state index contributed by atoms with van der Waals surface area (Å²) in [5, 5.41) is 15.6. The third-order valence-electron chi connectivity index (χ3n) is 5.26. The fourth-order valence-electron chi connectivity index (χ4n) is 3.78. The number of amides is 2. The van der Waals surface area contributed by atoms with Gasteiger partial charge in [-0.15, -0.1) is 0 Å². The molecule has 0 radical (unpaired) electrons. The Morgan fingerprint density at radius 2 is 1.88 bits per heavy atom. The van der Waals surface area contributed by atoms with Crippen LogP contribution in [0.3, 0.4) is 0 Å². The van der Waals surface area contributed by atoms with Crippen LogP contribution < -0.4 is 10.6 Å². The van der Waals surface area contributed by atoms with E-state index >= 15 is 0 Å². The van der Waals surface area contributed by atoms with E-state index in [1.54, 1.807) is 12.1 Å². The summed E-state index contributed by atoms with van der Waals surface area (Å²) >= 11 is 0. The monoisotopic (exact) mass is 345 g/mol. The number of carbonyl (C=O) groups excluding carboxylic acids is 2. The van der Waals surface area contributed by atoms with Gasteiger partial charge in [-0.2, -0.15) is 5.26 Å². The van der Waals surface area contributed by atoms with E-state index in [4.69, 9.17) is 0 Å². The molecule has 0 saturated heterocycles. The maximum Gasteiger partial charge on any atom is 0.252 e. The van der Waals surface area contributed by atoms with Gasteiger partial charge in [-0.25, -0.2) is 0 Å². The van der Waals surface area contributed by atoms with Crippen molar-refractivity contribution in [1.82, 2.24) is 5.32 Å². The van der Waals surface area contributed by atoms with Crippen LogP contribution in [-0.2, 0) is 24.1 Å². The van der Waals surface area contributed by atoms with E-state index in [0.29, 0.717) is 31.2 Å². The molecule has 2 amide bonds. The fourth-order valence-corrected chi connectivity index (χ4v) is 3.78. The molecule has 2 aromatic carbocycles. The van der Waals surface area contributed by atoms with Gasteiger partial charge < -0.3 is 10.6 Å². The van der Waals surface area contributed by atoms with E-state index in [9.17, 15) is 14.9 Å². The summed E-state index contributed by atoms with van der Waals surface area (Å²) in [7, 11) is 0. The van der Waals surface area contributed by atoms with E-state index in [-0.39, 0.29) is 11.8 Å². The summed E-state index contributed by atoms with van der Waals surface area (Å²) in [6.45, 7) is 0. The first-order valence-electron chi connectivity index (χ1n) is 8.82. The third kappa shape index (κ3) is 2.95. The number of nitriles is 1. The number of hydrogen-bond donors (Lipinski definition) is 2. The number of nitrogens with zero attached hydrogens (tertiary/aromatic N) is 1. The molecule has 2 aromatic rings. The number of fused-ring (bicyclic) bond motifs is 2. The Labute approximate surface area is 152 Å². The first kappa shape index (κ1) is 16.3. The Bertz CT molecular complexity index is 945. The smallest absolute Gasteiger partial charge is 0.252 e. The maximum absolute atomic E-state index is 12.8. The molecular formula is C21H19N3O2. The highest BCUT2D eigenvalue weighted by Gasteiger charge is 2.36. The number of nitrogens with one attached hydrogen (secondary N) is 2. The largest absolute Gasteiger partial charge is 0.333 e. The molecule has 0 unspecified atom stereocenters. The highest BCUT2D eigenvalue weighted by molar-refractivity contribution is 5.98. The van der Waals surface area contributed by atoms with Crippen molar-refractivity contribution >= 4 is 17.5 Å². The molecule has 130 valence electrons. The Morgan fingerprint density at radius 3 is 2.69 bits per heavy atom. The van der Waals surface area contributed by atoms with Crippen molar-refractivity contribution in [2.45, 2.75) is 37.6 Å². The Kier molecular flexibility index (Phi) is 3.96. The average Bonchev–Trinajstić information content (AvgIpc) is 2.67. The van der Waals surface area contributed by atoms with Gasteiger partial charge in [0.25, 0.3) is 5.91 Å². The molecule has 0 fully saturated rings. The lowest BCUT2D eigenvalue weighted by Gasteiger charge is -2.33. The zero-order valence-electron chi connectivity index (χ0n) is 14.3. The van der Waals surface area contributed by atoms with Gasteiger partial charge in [0.15, 0.2) is 0 Å². The van der Waals surface area contributed by atoms with Crippen LogP contribution in [-0.4, -0.2) is 17.4 Å². The van der Waals surface area contributed by atoms with Crippen LogP contribution in [0.15, 0.2) is 42.5 Å². The minimum absolute atomic E-state index is 0.000920. The molecule has 4 rings (SSSR count). The standard InChI is InChI=1S/C21H19N3O2/c22-13-21(10-9-14-3-1-2-4-17(14)12-21)24-20(26)16-5-7-18-15(11-16)6-8-19(25)23-18/h1-5,7,11H,6,8-10,12H2,(H,23,25)(H,24,26)/t21-/m0/s1. The molecule has 2 aliphatic rings. The summed E-state index contributed by atoms with van der Waals surface area (Å²) in [6, 6.07) is 15.7. The Hall–Kier alpha value is -3.13. The minimum atomic E-state index is -0.879. The molecule has 5 nitrogen and oxygen atoms in total. The molecule has 0 aromatic heterocycles. The Balaban J connectivity index is 1.56. The molecular weight excluding hydrogens is 326 g/mol. The quantitative estimate of drug-likeness (QED) is 0.878. The molecule has 5 heteroatoms.